The second-order valence-corrected chi connectivity index (χ2v) is 6.39. The van der Waals surface area contributed by atoms with Gasteiger partial charge in [0.05, 0.1) is 6.61 Å². The summed E-state index contributed by atoms with van der Waals surface area (Å²) in [5, 5.41) is 0. The minimum atomic E-state index is -0.00251. The van der Waals surface area contributed by atoms with Crippen LogP contribution in [0.15, 0.2) is 79.0 Å². The number of carbonyl (C=O) groups is 1. The maximum Gasteiger partial charge on any atom is 0.138 e. The molecule has 3 heteroatoms. The second kappa shape index (κ2) is 9.07. The van der Waals surface area contributed by atoms with E-state index in [0.29, 0.717) is 19.4 Å². The number of benzene rings is 2. The molecule has 0 aliphatic rings. The summed E-state index contributed by atoms with van der Waals surface area (Å²) >= 11 is 0. The van der Waals surface area contributed by atoms with Crippen LogP contribution in [0.25, 0.3) is 11.1 Å². The summed E-state index contributed by atoms with van der Waals surface area (Å²) in [6, 6.07) is 24.2. The zero-order chi connectivity index (χ0) is 18.2. The summed E-state index contributed by atoms with van der Waals surface area (Å²) in [5.74, 6) is 0.197. The number of hydrogen-bond donors (Lipinski definition) is 0. The van der Waals surface area contributed by atoms with Gasteiger partial charge in [0.1, 0.15) is 5.78 Å². The fraction of sp³-hybridized carbons (Fsp3) is 0.217. The number of pyridine rings is 1. The molecule has 0 aliphatic heterocycles. The molecule has 1 unspecified atom stereocenters. The number of aromatic nitrogens is 1. The van der Waals surface area contributed by atoms with Gasteiger partial charge in [-0.05, 0) is 28.8 Å². The van der Waals surface area contributed by atoms with E-state index in [-0.39, 0.29) is 11.7 Å². The Morgan fingerprint density at radius 2 is 1.62 bits per heavy atom. The van der Waals surface area contributed by atoms with Gasteiger partial charge < -0.3 is 4.74 Å². The zero-order valence-electron chi connectivity index (χ0n) is 15.0. The molecule has 0 fully saturated rings. The molecule has 3 rings (SSSR count). The predicted octanol–water partition coefficient (Wildman–Crippen LogP) is 4.68. The normalized spacial score (nSPS) is 11.9. The van der Waals surface area contributed by atoms with Crippen molar-refractivity contribution in [3.05, 3.63) is 90.3 Å². The Bertz CT molecular complexity index is 814. The molecule has 3 nitrogen and oxygen atoms in total. The molecular weight excluding hydrogens is 322 g/mol. The maximum atomic E-state index is 12.5. The summed E-state index contributed by atoms with van der Waals surface area (Å²) in [7, 11) is 1.66. The molecule has 0 saturated carbocycles. The highest BCUT2D eigenvalue weighted by molar-refractivity contribution is 5.81. The van der Waals surface area contributed by atoms with Crippen molar-refractivity contribution < 1.29 is 9.53 Å². The van der Waals surface area contributed by atoms with Crippen LogP contribution in [0.1, 0.15) is 23.6 Å². The molecule has 1 atom stereocenters. The van der Waals surface area contributed by atoms with Crippen molar-refractivity contribution in [3.8, 4) is 11.1 Å². The lowest BCUT2D eigenvalue weighted by Crippen LogP contribution is -2.15. The lowest BCUT2D eigenvalue weighted by molar-refractivity contribution is -0.119. The number of rotatable bonds is 8. The maximum absolute atomic E-state index is 12.5. The standard InChI is InChI=1S/C23H23NO2/c1-26-17-21(23-9-5-6-14-24-23)16-22(25)15-18-10-12-20(13-11-18)19-7-3-2-4-8-19/h2-14,21H,15-17H2,1H3. The summed E-state index contributed by atoms with van der Waals surface area (Å²) in [6.45, 7) is 0.496. The van der Waals surface area contributed by atoms with Gasteiger partial charge in [0.15, 0.2) is 0 Å². The van der Waals surface area contributed by atoms with Crippen molar-refractivity contribution in [3.63, 3.8) is 0 Å². The van der Waals surface area contributed by atoms with Crippen LogP contribution in [-0.4, -0.2) is 24.5 Å². The largest absolute Gasteiger partial charge is 0.384 e. The number of ketones is 1. The van der Waals surface area contributed by atoms with Gasteiger partial charge in [0.25, 0.3) is 0 Å². The highest BCUT2D eigenvalue weighted by atomic mass is 16.5. The monoisotopic (exact) mass is 345 g/mol. The Kier molecular flexibility index (Phi) is 6.29. The first-order chi connectivity index (χ1) is 12.8. The van der Waals surface area contributed by atoms with Crippen LogP contribution in [0.3, 0.4) is 0 Å². The third-order valence-corrected chi connectivity index (χ3v) is 4.41. The molecule has 0 N–H and O–H groups in total. The average Bonchev–Trinajstić information content (AvgIpc) is 2.69. The zero-order valence-corrected chi connectivity index (χ0v) is 15.0. The van der Waals surface area contributed by atoms with Crippen molar-refractivity contribution in [2.24, 2.45) is 0 Å². The lowest BCUT2D eigenvalue weighted by Gasteiger charge is -2.14. The number of hydrogen-bond acceptors (Lipinski definition) is 3. The molecule has 0 spiro atoms. The summed E-state index contributed by atoms with van der Waals surface area (Å²) < 4.78 is 5.28. The van der Waals surface area contributed by atoms with Gasteiger partial charge in [0, 0.05) is 37.8 Å². The Morgan fingerprint density at radius 3 is 2.27 bits per heavy atom. The van der Waals surface area contributed by atoms with Gasteiger partial charge in [-0.15, -0.1) is 0 Å². The van der Waals surface area contributed by atoms with E-state index >= 15 is 0 Å². The Hall–Kier alpha value is -2.78. The van der Waals surface area contributed by atoms with Crippen molar-refractivity contribution in [2.45, 2.75) is 18.8 Å². The minimum absolute atomic E-state index is 0.00251. The predicted molar refractivity (Wildman–Crippen MR) is 104 cm³/mol. The molecule has 0 aliphatic carbocycles. The van der Waals surface area contributed by atoms with Crippen LogP contribution in [0.5, 0.6) is 0 Å². The summed E-state index contributed by atoms with van der Waals surface area (Å²) in [4.78, 5) is 16.9. The van der Waals surface area contributed by atoms with Crippen LogP contribution in [0.2, 0.25) is 0 Å². The van der Waals surface area contributed by atoms with E-state index < -0.39 is 0 Å². The van der Waals surface area contributed by atoms with Crippen LogP contribution in [0.4, 0.5) is 0 Å². The van der Waals surface area contributed by atoms with E-state index in [4.69, 9.17) is 4.74 Å². The van der Waals surface area contributed by atoms with Gasteiger partial charge in [0.2, 0.25) is 0 Å². The van der Waals surface area contributed by atoms with Gasteiger partial charge in [-0.25, -0.2) is 0 Å². The first-order valence-corrected chi connectivity index (χ1v) is 8.82. The fourth-order valence-corrected chi connectivity index (χ4v) is 3.09. The molecule has 0 amide bonds. The van der Waals surface area contributed by atoms with E-state index in [1.54, 1.807) is 13.3 Å². The molecule has 0 radical (unpaired) electrons. The van der Waals surface area contributed by atoms with Crippen molar-refractivity contribution in [1.82, 2.24) is 4.98 Å². The third-order valence-electron chi connectivity index (χ3n) is 4.41. The molecule has 0 bridgehead atoms. The SMILES string of the molecule is COCC(CC(=O)Cc1ccc(-c2ccccc2)cc1)c1ccccn1. The van der Waals surface area contributed by atoms with E-state index in [1.807, 2.05) is 48.5 Å². The fourth-order valence-electron chi connectivity index (χ4n) is 3.09. The summed E-state index contributed by atoms with van der Waals surface area (Å²) in [6.07, 6.45) is 2.62. The second-order valence-electron chi connectivity index (χ2n) is 6.39. The van der Waals surface area contributed by atoms with Crippen LogP contribution < -0.4 is 0 Å². The topological polar surface area (TPSA) is 39.2 Å². The highest BCUT2D eigenvalue weighted by Gasteiger charge is 2.17. The molecule has 1 aromatic heterocycles. The van der Waals surface area contributed by atoms with Gasteiger partial charge in [-0.2, -0.15) is 0 Å². The van der Waals surface area contributed by atoms with Gasteiger partial charge in [-0.3, -0.25) is 9.78 Å². The van der Waals surface area contributed by atoms with E-state index in [9.17, 15) is 4.79 Å². The molecule has 132 valence electrons. The quantitative estimate of drug-likeness (QED) is 0.595. The number of ether oxygens (including phenoxy) is 1. The number of Topliss-reactive ketones (excluding diaryl/α,β-unsaturated/α-hetero) is 1. The molecule has 1 heterocycles. The van der Waals surface area contributed by atoms with Crippen LogP contribution in [0, 0.1) is 0 Å². The summed E-state index contributed by atoms with van der Waals surface area (Å²) in [5.41, 5.74) is 4.28. The smallest absolute Gasteiger partial charge is 0.138 e. The van der Waals surface area contributed by atoms with Crippen LogP contribution in [-0.2, 0) is 16.0 Å². The van der Waals surface area contributed by atoms with Gasteiger partial charge in [-0.1, -0.05) is 60.7 Å². The number of carbonyl (C=O) groups excluding carboxylic acids is 1. The van der Waals surface area contributed by atoms with E-state index in [2.05, 4.69) is 29.2 Å². The molecule has 0 saturated heterocycles. The molecule has 26 heavy (non-hydrogen) atoms. The number of nitrogens with zero attached hydrogens (tertiary/aromatic N) is 1. The van der Waals surface area contributed by atoms with Crippen molar-refractivity contribution in [1.29, 1.82) is 0 Å². The first-order valence-electron chi connectivity index (χ1n) is 8.82. The molecular formula is C23H23NO2. The molecule has 2 aromatic carbocycles. The highest BCUT2D eigenvalue weighted by Crippen LogP contribution is 2.22. The van der Waals surface area contributed by atoms with Crippen LogP contribution >= 0.6 is 0 Å². The van der Waals surface area contributed by atoms with Gasteiger partial charge >= 0.3 is 0 Å². The number of methoxy groups -OCH3 is 1. The first kappa shape index (κ1) is 18.0. The average molecular weight is 345 g/mol. The Morgan fingerprint density at radius 1 is 0.923 bits per heavy atom. The third kappa shape index (κ3) is 4.87. The van der Waals surface area contributed by atoms with E-state index in [0.717, 1.165) is 16.8 Å². The molecule has 3 aromatic rings. The van der Waals surface area contributed by atoms with Crippen molar-refractivity contribution in [2.75, 3.05) is 13.7 Å². The minimum Gasteiger partial charge on any atom is -0.384 e. The Balaban J connectivity index is 1.63. The lowest BCUT2D eigenvalue weighted by atomic mass is 9.95. The van der Waals surface area contributed by atoms with Crippen molar-refractivity contribution >= 4 is 5.78 Å². The van der Waals surface area contributed by atoms with E-state index in [1.165, 1.54) is 5.56 Å². The Labute approximate surface area is 154 Å².